The average molecular weight is 394 g/mol. The molecule has 1 aliphatic heterocycles. The standard InChI is InChI=1S/C21H17NO3S2/c23-19-18(13-7-12-15-8-3-1-4-9-15)27-21(26)22(19)17(20(24)25)14-16-10-5-2-6-11-16/h1-13,17H,14H2,(H,24,25)/p-1/b12-7+,18-13-/t17-/m0/s1. The lowest BCUT2D eigenvalue weighted by Gasteiger charge is -2.27. The maximum absolute atomic E-state index is 12.7. The molecule has 0 bridgehead atoms. The fraction of sp³-hybridized carbons (Fsp3) is 0.0952. The highest BCUT2D eigenvalue weighted by atomic mass is 32.2. The van der Waals surface area contributed by atoms with Gasteiger partial charge >= 0.3 is 0 Å². The summed E-state index contributed by atoms with van der Waals surface area (Å²) < 4.78 is 0.226. The van der Waals surface area contributed by atoms with Gasteiger partial charge in [-0.3, -0.25) is 9.69 Å². The Labute approximate surface area is 167 Å². The minimum absolute atomic E-state index is 0.142. The third-order valence-electron chi connectivity index (χ3n) is 4.02. The van der Waals surface area contributed by atoms with Crippen LogP contribution in [0.1, 0.15) is 11.1 Å². The molecule has 0 aliphatic carbocycles. The molecule has 0 aromatic heterocycles. The topological polar surface area (TPSA) is 60.4 Å². The summed E-state index contributed by atoms with van der Waals surface area (Å²) in [6.07, 6.45) is 5.42. The van der Waals surface area contributed by atoms with Crippen LogP contribution in [0.4, 0.5) is 0 Å². The molecule has 136 valence electrons. The van der Waals surface area contributed by atoms with Crippen LogP contribution in [-0.4, -0.2) is 27.1 Å². The molecule has 1 saturated heterocycles. The number of allylic oxidation sites excluding steroid dienone is 2. The second-order valence-electron chi connectivity index (χ2n) is 5.87. The number of amides is 1. The molecule has 4 nitrogen and oxygen atoms in total. The van der Waals surface area contributed by atoms with Crippen molar-refractivity contribution in [1.82, 2.24) is 4.90 Å². The molecule has 2 aromatic rings. The number of carbonyl (C=O) groups excluding carboxylic acids is 2. The fourth-order valence-corrected chi connectivity index (χ4v) is 4.00. The van der Waals surface area contributed by atoms with Gasteiger partial charge in [0.25, 0.3) is 5.91 Å². The summed E-state index contributed by atoms with van der Waals surface area (Å²) in [6, 6.07) is 17.6. The van der Waals surface area contributed by atoms with E-state index in [4.69, 9.17) is 12.2 Å². The highest BCUT2D eigenvalue weighted by molar-refractivity contribution is 8.26. The van der Waals surface area contributed by atoms with Gasteiger partial charge in [0.1, 0.15) is 4.32 Å². The molecule has 2 aromatic carbocycles. The second-order valence-corrected chi connectivity index (χ2v) is 7.54. The van der Waals surface area contributed by atoms with E-state index in [2.05, 4.69) is 0 Å². The van der Waals surface area contributed by atoms with Gasteiger partial charge in [0.05, 0.1) is 16.9 Å². The molecule has 1 atom stereocenters. The van der Waals surface area contributed by atoms with Gasteiger partial charge in [-0.25, -0.2) is 0 Å². The molecule has 0 N–H and O–H groups in total. The van der Waals surface area contributed by atoms with Gasteiger partial charge in [-0.1, -0.05) is 96.8 Å². The van der Waals surface area contributed by atoms with Gasteiger partial charge in [-0.15, -0.1) is 0 Å². The zero-order valence-electron chi connectivity index (χ0n) is 14.3. The minimum Gasteiger partial charge on any atom is -0.548 e. The first-order chi connectivity index (χ1) is 13.1. The zero-order chi connectivity index (χ0) is 19.2. The van der Waals surface area contributed by atoms with Crippen LogP contribution in [0, 0.1) is 0 Å². The van der Waals surface area contributed by atoms with Gasteiger partial charge in [0.15, 0.2) is 0 Å². The van der Waals surface area contributed by atoms with Crippen molar-refractivity contribution in [2.24, 2.45) is 0 Å². The third-order valence-corrected chi connectivity index (χ3v) is 5.36. The Morgan fingerprint density at radius 3 is 2.37 bits per heavy atom. The lowest BCUT2D eigenvalue weighted by atomic mass is 10.0. The number of thioether (sulfide) groups is 1. The molecule has 1 heterocycles. The lowest BCUT2D eigenvalue weighted by molar-refractivity contribution is -0.310. The summed E-state index contributed by atoms with van der Waals surface area (Å²) >= 11 is 6.36. The van der Waals surface area contributed by atoms with Crippen LogP contribution in [0.25, 0.3) is 6.08 Å². The third kappa shape index (κ3) is 4.72. The van der Waals surface area contributed by atoms with E-state index in [1.807, 2.05) is 66.7 Å². The SMILES string of the molecule is O=C([O-])[C@H](Cc1ccccc1)N1C(=O)/C(=C/C=C/c2ccccc2)SC1=S. The predicted octanol–water partition coefficient (Wildman–Crippen LogP) is 2.81. The summed E-state index contributed by atoms with van der Waals surface area (Å²) in [7, 11) is 0. The quantitative estimate of drug-likeness (QED) is 0.557. The molecule has 0 unspecified atom stereocenters. The molecule has 1 amide bonds. The fourth-order valence-electron chi connectivity index (χ4n) is 2.69. The number of carboxylic acids is 1. The maximum Gasteiger partial charge on any atom is 0.266 e. The largest absolute Gasteiger partial charge is 0.548 e. The Morgan fingerprint density at radius 1 is 1.11 bits per heavy atom. The van der Waals surface area contributed by atoms with Crippen LogP contribution in [0.3, 0.4) is 0 Å². The number of rotatable bonds is 6. The van der Waals surface area contributed by atoms with E-state index in [0.717, 1.165) is 27.8 Å². The Balaban J connectivity index is 1.78. The van der Waals surface area contributed by atoms with E-state index in [-0.39, 0.29) is 10.7 Å². The Kier molecular flexibility index (Phi) is 6.21. The molecule has 27 heavy (non-hydrogen) atoms. The number of thiocarbonyl (C=S) groups is 1. The molecule has 0 spiro atoms. The van der Waals surface area contributed by atoms with Gasteiger partial charge in [-0.05, 0) is 23.6 Å². The van der Waals surface area contributed by atoms with Crippen molar-refractivity contribution in [3.8, 4) is 0 Å². The summed E-state index contributed by atoms with van der Waals surface area (Å²) in [4.78, 5) is 25.9. The van der Waals surface area contributed by atoms with Crippen molar-refractivity contribution in [2.45, 2.75) is 12.5 Å². The van der Waals surface area contributed by atoms with Gasteiger partial charge in [0.2, 0.25) is 0 Å². The second kappa shape index (κ2) is 8.79. The number of carboxylic acid groups (broad SMARTS) is 1. The van der Waals surface area contributed by atoms with Gasteiger partial charge < -0.3 is 9.90 Å². The number of hydrogen-bond acceptors (Lipinski definition) is 5. The van der Waals surface area contributed by atoms with Crippen LogP contribution >= 0.6 is 24.0 Å². The van der Waals surface area contributed by atoms with Crippen molar-refractivity contribution in [2.75, 3.05) is 0 Å². The maximum atomic E-state index is 12.7. The summed E-state index contributed by atoms with van der Waals surface area (Å²) in [5, 5.41) is 11.7. The predicted molar refractivity (Wildman–Crippen MR) is 110 cm³/mol. The summed E-state index contributed by atoms with van der Waals surface area (Å²) in [5.74, 6) is -1.73. The van der Waals surface area contributed by atoms with Crippen molar-refractivity contribution in [3.63, 3.8) is 0 Å². The number of benzene rings is 2. The van der Waals surface area contributed by atoms with Crippen molar-refractivity contribution >= 4 is 46.3 Å². The summed E-state index contributed by atoms with van der Waals surface area (Å²) in [6.45, 7) is 0. The molecule has 0 radical (unpaired) electrons. The average Bonchev–Trinajstić information content (AvgIpc) is 2.95. The highest BCUT2D eigenvalue weighted by Crippen LogP contribution is 2.33. The van der Waals surface area contributed by atoms with E-state index in [0.29, 0.717) is 4.91 Å². The van der Waals surface area contributed by atoms with E-state index >= 15 is 0 Å². The normalized spacial score (nSPS) is 17.0. The molecule has 1 aliphatic rings. The highest BCUT2D eigenvalue weighted by Gasteiger charge is 2.37. The number of carbonyl (C=O) groups is 2. The molecule has 0 saturated carbocycles. The molecule has 3 rings (SSSR count). The first-order valence-electron chi connectivity index (χ1n) is 8.30. The van der Waals surface area contributed by atoms with E-state index < -0.39 is 17.9 Å². The number of nitrogens with zero attached hydrogens (tertiary/aromatic N) is 1. The van der Waals surface area contributed by atoms with Crippen LogP contribution in [-0.2, 0) is 16.0 Å². The first kappa shape index (κ1) is 19.1. The Morgan fingerprint density at radius 2 is 1.74 bits per heavy atom. The van der Waals surface area contributed by atoms with Gasteiger partial charge in [0, 0.05) is 0 Å². The van der Waals surface area contributed by atoms with E-state index in [1.54, 1.807) is 12.2 Å². The van der Waals surface area contributed by atoms with Crippen LogP contribution in [0.15, 0.2) is 77.7 Å². The molecular weight excluding hydrogens is 378 g/mol. The minimum atomic E-state index is -1.32. The molecule has 6 heteroatoms. The molecular formula is C21H16NO3S2-. The van der Waals surface area contributed by atoms with Gasteiger partial charge in [-0.2, -0.15) is 0 Å². The van der Waals surface area contributed by atoms with Crippen LogP contribution in [0.5, 0.6) is 0 Å². The smallest absolute Gasteiger partial charge is 0.266 e. The van der Waals surface area contributed by atoms with Crippen molar-refractivity contribution in [1.29, 1.82) is 0 Å². The zero-order valence-corrected chi connectivity index (χ0v) is 15.9. The van der Waals surface area contributed by atoms with E-state index in [1.165, 1.54) is 0 Å². The monoisotopic (exact) mass is 394 g/mol. The lowest BCUT2D eigenvalue weighted by Crippen LogP contribution is -2.51. The van der Waals surface area contributed by atoms with E-state index in [9.17, 15) is 14.7 Å². The number of aliphatic carboxylic acids is 1. The first-order valence-corrected chi connectivity index (χ1v) is 9.52. The molecule has 1 fully saturated rings. The Hall–Kier alpha value is -2.70. The van der Waals surface area contributed by atoms with Crippen molar-refractivity contribution < 1.29 is 14.7 Å². The van der Waals surface area contributed by atoms with Crippen LogP contribution in [0.2, 0.25) is 0 Å². The van der Waals surface area contributed by atoms with Crippen molar-refractivity contribution in [3.05, 3.63) is 88.8 Å². The van der Waals surface area contributed by atoms with Crippen LogP contribution < -0.4 is 5.11 Å². The summed E-state index contributed by atoms with van der Waals surface area (Å²) in [5.41, 5.74) is 1.80. The number of hydrogen-bond donors (Lipinski definition) is 0. The Bertz CT molecular complexity index is 908.